The first-order valence-corrected chi connectivity index (χ1v) is 3.79. The van der Waals surface area contributed by atoms with Crippen LogP contribution in [-0.2, 0) is 4.79 Å². The van der Waals surface area contributed by atoms with Gasteiger partial charge in [-0.2, -0.15) is 0 Å². The van der Waals surface area contributed by atoms with E-state index in [1.54, 1.807) is 0 Å². The van der Waals surface area contributed by atoms with Crippen LogP contribution in [0.15, 0.2) is 24.3 Å². The second-order valence-corrected chi connectivity index (χ2v) is 2.70. The van der Waals surface area contributed by atoms with Gasteiger partial charge in [0.25, 0.3) is 6.43 Å². The van der Waals surface area contributed by atoms with Crippen LogP contribution in [0.25, 0.3) is 0 Å². The highest BCUT2D eigenvalue weighted by Crippen LogP contribution is 2.23. The predicted molar refractivity (Wildman–Crippen MR) is 42.8 cm³/mol. The van der Waals surface area contributed by atoms with E-state index >= 15 is 0 Å². The van der Waals surface area contributed by atoms with Crippen LogP contribution in [0.1, 0.15) is 11.5 Å². The summed E-state index contributed by atoms with van der Waals surface area (Å²) in [6.07, 6.45) is -3.00. The first-order chi connectivity index (χ1) is 6.52. The number of hydrogen-bond donors (Lipinski definition) is 1. The third kappa shape index (κ3) is 2.25. The zero-order valence-corrected chi connectivity index (χ0v) is 6.95. The molecule has 1 aromatic carbocycles. The molecule has 0 aliphatic heterocycles. The van der Waals surface area contributed by atoms with E-state index in [0.29, 0.717) is 0 Å². The van der Waals surface area contributed by atoms with Crippen LogP contribution in [0.2, 0.25) is 0 Å². The third-order valence-corrected chi connectivity index (χ3v) is 1.75. The molecule has 1 N–H and O–H groups in total. The standard InChI is InChI=1S/C9H7F3O2/c10-6-3-1-5(2-4-6)7(8(11)12)9(13)14/h1-4,7-8H,(H,13,14). The van der Waals surface area contributed by atoms with Gasteiger partial charge in [-0.3, -0.25) is 4.79 Å². The van der Waals surface area contributed by atoms with E-state index in [2.05, 4.69) is 0 Å². The van der Waals surface area contributed by atoms with Gasteiger partial charge in [-0.1, -0.05) is 12.1 Å². The van der Waals surface area contributed by atoms with E-state index in [0.717, 1.165) is 24.3 Å². The summed E-state index contributed by atoms with van der Waals surface area (Å²) >= 11 is 0. The zero-order chi connectivity index (χ0) is 10.7. The molecule has 0 aliphatic rings. The average Bonchev–Trinajstić information content (AvgIpc) is 2.07. The van der Waals surface area contributed by atoms with Crippen LogP contribution >= 0.6 is 0 Å². The fraction of sp³-hybridized carbons (Fsp3) is 0.222. The van der Waals surface area contributed by atoms with Crippen molar-refractivity contribution in [2.45, 2.75) is 12.3 Å². The van der Waals surface area contributed by atoms with Gasteiger partial charge in [0.05, 0.1) is 0 Å². The highest BCUT2D eigenvalue weighted by molar-refractivity contribution is 5.76. The van der Waals surface area contributed by atoms with Gasteiger partial charge in [0.15, 0.2) is 0 Å². The molecular formula is C9H7F3O2. The van der Waals surface area contributed by atoms with E-state index in [4.69, 9.17) is 5.11 Å². The van der Waals surface area contributed by atoms with Crippen LogP contribution in [-0.4, -0.2) is 17.5 Å². The topological polar surface area (TPSA) is 37.3 Å². The summed E-state index contributed by atoms with van der Waals surface area (Å²) in [6, 6.07) is 3.99. The van der Waals surface area contributed by atoms with Crippen LogP contribution in [0.5, 0.6) is 0 Å². The van der Waals surface area contributed by atoms with Crippen molar-refractivity contribution >= 4 is 5.97 Å². The van der Waals surface area contributed by atoms with E-state index < -0.39 is 24.1 Å². The van der Waals surface area contributed by atoms with Crippen LogP contribution in [0, 0.1) is 5.82 Å². The zero-order valence-electron chi connectivity index (χ0n) is 6.95. The molecule has 76 valence electrons. The maximum atomic E-state index is 12.4. The lowest BCUT2D eigenvalue weighted by Gasteiger charge is -2.10. The molecule has 0 fully saturated rings. The Balaban J connectivity index is 3.00. The molecular weight excluding hydrogens is 197 g/mol. The molecule has 0 spiro atoms. The lowest BCUT2D eigenvalue weighted by Crippen LogP contribution is -2.19. The molecule has 5 heteroatoms. The van der Waals surface area contributed by atoms with Gasteiger partial charge >= 0.3 is 5.97 Å². The summed E-state index contributed by atoms with van der Waals surface area (Å²) in [5, 5.41) is 8.49. The summed E-state index contributed by atoms with van der Waals surface area (Å²) in [5.74, 6) is -4.10. The van der Waals surface area contributed by atoms with Crippen molar-refractivity contribution in [3.63, 3.8) is 0 Å². The van der Waals surface area contributed by atoms with Crippen molar-refractivity contribution < 1.29 is 23.1 Å². The molecule has 2 nitrogen and oxygen atoms in total. The quantitative estimate of drug-likeness (QED) is 0.819. The Labute approximate surface area is 78.0 Å². The Hall–Kier alpha value is -1.52. The Bertz CT molecular complexity index is 321. The molecule has 1 aromatic rings. The minimum Gasteiger partial charge on any atom is -0.481 e. The summed E-state index contributed by atoms with van der Waals surface area (Å²) in [6.45, 7) is 0. The van der Waals surface area contributed by atoms with Crippen molar-refractivity contribution in [2.24, 2.45) is 0 Å². The minimum atomic E-state index is -3.00. The summed E-state index contributed by atoms with van der Waals surface area (Å²) < 4.78 is 36.9. The molecule has 0 heterocycles. The molecule has 14 heavy (non-hydrogen) atoms. The minimum absolute atomic E-state index is 0.103. The Morgan fingerprint density at radius 3 is 2.07 bits per heavy atom. The highest BCUT2D eigenvalue weighted by Gasteiger charge is 2.29. The lowest BCUT2D eigenvalue weighted by molar-refractivity contribution is -0.142. The van der Waals surface area contributed by atoms with Crippen molar-refractivity contribution in [2.75, 3.05) is 0 Å². The Kier molecular flexibility index (Phi) is 3.11. The fourth-order valence-electron chi connectivity index (χ4n) is 1.07. The number of carboxylic acids is 1. The summed E-state index contributed by atoms with van der Waals surface area (Å²) in [4.78, 5) is 10.5. The fourth-order valence-corrected chi connectivity index (χ4v) is 1.07. The maximum Gasteiger partial charge on any atom is 0.316 e. The predicted octanol–water partition coefficient (Wildman–Crippen LogP) is 2.26. The maximum absolute atomic E-state index is 12.4. The number of carboxylic acid groups (broad SMARTS) is 1. The number of rotatable bonds is 3. The number of alkyl halides is 2. The molecule has 0 saturated carbocycles. The van der Waals surface area contributed by atoms with Crippen LogP contribution in [0.4, 0.5) is 13.2 Å². The van der Waals surface area contributed by atoms with Crippen LogP contribution < -0.4 is 0 Å². The molecule has 1 rings (SSSR count). The molecule has 1 atom stereocenters. The van der Waals surface area contributed by atoms with Crippen molar-refractivity contribution in [3.8, 4) is 0 Å². The molecule has 0 saturated heterocycles. The number of aliphatic carboxylic acids is 1. The van der Waals surface area contributed by atoms with Gasteiger partial charge in [-0.15, -0.1) is 0 Å². The Morgan fingerprint density at radius 1 is 1.21 bits per heavy atom. The van der Waals surface area contributed by atoms with Gasteiger partial charge in [0.2, 0.25) is 0 Å². The molecule has 1 unspecified atom stereocenters. The smallest absolute Gasteiger partial charge is 0.316 e. The first kappa shape index (κ1) is 10.6. The number of carbonyl (C=O) groups is 1. The lowest BCUT2D eigenvalue weighted by atomic mass is 10.00. The largest absolute Gasteiger partial charge is 0.481 e. The first-order valence-electron chi connectivity index (χ1n) is 3.79. The molecule has 0 aromatic heterocycles. The van der Waals surface area contributed by atoms with Gasteiger partial charge < -0.3 is 5.11 Å². The number of benzene rings is 1. The van der Waals surface area contributed by atoms with Gasteiger partial charge in [0.1, 0.15) is 11.7 Å². The Morgan fingerprint density at radius 2 is 1.71 bits per heavy atom. The summed E-state index contributed by atoms with van der Waals surface area (Å²) in [7, 11) is 0. The second kappa shape index (κ2) is 4.13. The molecule has 0 radical (unpaired) electrons. The van der Waals surface area contributed by atoms with Gasteiger partial charge in [-0.05, 0) is 17.7 Å². The van der Waals surface area contributed by atoms with E-state index in [1.165, 1.54) is 0 Å². The molecule has 0 amide bonds. The number of hydrogen-bond acceptors (Lipinski definition) is 1. The monoisotopic (exact) mass is 204 g/mol. The van der Waals surface area contributed by atoms with Crippen molar-refractivity contribution in [3.05, 3.63) is 35.6 Å². The van der Waals surface area contributed by atoms with E-state index in [1.807, 2.05) is 0 Å². The summed E-state index contributed by atoms with van der Waals surface area (Å²) in [5.41, 5.74) is -0.103. The normalized spacial score (nSPS) is 12.9. The molecule has 0 bridgehead atoms. The third-order valence-electron chi connectivity index (χ3n) is 1.75. The number of halogens is 3. The average molecular weight is 204 g/mol. The van der Waals surface area contributed by atoms with Crippen LogP contribution in [0.3, 0.4) is 0 Å². The van der Waals surface area contributed by atoms with E-state index in [-0.39, 0.29) is 5.56 Å². The second-order valence-electron chi connectivity index (χ2n) is 2.70. The van der Waals surface area contributed by atoms with E-state index in [9.17, 15) is 18.0 Å². The SMILES string of the molecule is O=C(O)C(c1ccc(F)cc1)C(F)F. The molecule has 0 aliphatic carbocycles. The van der Waals surface area contributed by atoms with Crippen molar-refractivity contribution in [1.82, 2.24) is 0 Å². The van der Waals surface area contributed by atoms with Gasteiger partial charge in [0, 0.05) is 0 Å². The van der Waals surface area contributed by atoms with Gasteiger partial charge in [-0.25, -0.2) is 13.2 Å². The highest BCUT2D eigenvalue weighted by atomic mass is 19.3. The van der Waals surface area contributed by atoms with Crippen molar-refractivity contribution in [1.29, 1.82) is 0 Å².